The van der Waals surface area contributed by atoms with Crippen molar-refractivity contribution in [3.8, 4) is 6.07 Å². The number of rotatable bonds is 5. The molecule has 1 aliphatic heterocycles. The monoisotopic (exact) mass is 485 g/mol. The average molecular weight is 486 g/mol. The van der Waals surface area contributed by atoms with Gasteiger partial charge in [-0.25, -0.2) is 15.0 Å². The summed E-state index contributed by atoms with van der Waals surface area (Å²) >= 11 is 1.06. The second-order valence-electron chi connectivity index (χ2n) is 8.61. The van der Waals surface area contributed by atoms with Crippen LogP contribution in [0.2, 0.25) is 0 Å². The van der Waals surface area contributed by atoms with E-state index in [-0.39, 0.29) is 10.9 Å². The Morgan fingerprint density at radius 3 is 2.74 bits per heavy atom. The molecule has 0 radical (unpaired) electrons. The lowest BCUT2D eigenvalue weighted by atomic mass is 10.0. The number of aryl methyl sites for hydroxylation is 1. The normalized spacial score (nSPS) is 15.7. The average Bonchev–Trinajstić information content (AvgIpc) is 3.40. The summed E-state index contributed by atoms with van der Waals surface area (Å²) < 4.78 is 38.4. The number of alkyl halides is 3. The molecule has 1 aliphatic rings. The quantitative estimate of drug-likeness (QED) is 0.416. The van der Waals surface area contributed by atoms with Crippen LogP contribution in [0.4, 0.5) is 19.0 Å². The van der Waals surface area contributed by atoms with E-state index in [4.69, 9.17) is 5.26 Å². The number of piperidine rings is 1. The van der Waals surface area contributed by atoms with Gasteiger partial charge in [-0.3, -0.25) is 4.90 Å². The third-order valence-corrected chi connectivity index (χ3v) is 7.27. The third-order valence-electron chi connectivity index (χ3n) is 6.23. The molecule has 11 heteroatoms. The number of thiophene rings is 1. The van der Waals surface area contributed by atoms with Gasteiger partial charge in [-0.2, -0.15) is 18.4 Å². The van der Waals surface area contributed by atoms with E-state index in [0.29, 0.717) is 21.7 Å². The minimum absolute atomic E-state index is 0.185. The molecule has 0 spiro atoms. The molecule has 176 valence electrons. The Labute approximate surface area is 197 Å². The molecule has 2 N–H and O–H groups in total. The summed E-state index contributed by atoms with van der Waals surface area (Å²) in [7, 11) is 0. The first kappa shape index (κ1) is 22.6. The Hall–Kier alpha value is -3.23. The van der Waals surface area contributed by atoms with E-state index < -0.39 is 12.6 Å². The van der Waals surface area contributed by atoms with Gasteiger partial charge in [0, 0.05) is 42.1 Å². The van der Waals surface area contributed by atoms with Crippen LogP contribution in [0.25, 0.3) is 21.3 Å². The van der Waals surface area contributed by atoms with Crippen LogP contribution in [0.1, 0.15) is 34.5 Å². The number of nitrogens with one attached hydrogen (secondary N) is 2. The van der Waals surface area contributed by atoms with Crippen LogP contribution < -0.4 is 5.32 Å². The molecule has 0 bridgehead atoms. The van der Waals surface area contributed by atoms with Crippen molar-refractivity contribution >= 4 is 38.4 Å². The first-order valence-electron chi connectivity index (χ1n) is 11.0. The van der Waals surface area contributed by atoms with E-state index in [1.54, 1.807) is 6.07 Å². The highest BCUT2D eigenvalue weighted by Crippen LogP contribution is 2.33. The van der Waals surface area contributed by atoms with Crippen molar-refractivity contribution < 1.29 is 13.2 Å². The van der Waals surface area contributed by atoms with Gasteiger partial charge in [0.2, 0.25) is 0 Å². The predicted octanol–water partition coefficient (Wildman–Crippen LogP) is 4.93. The van der Waals surface area contributed by atoms with Gasteiger partial charge >= 0.3 is 6.18 Å². The van der Waals surface area contributed by atoms with E-state index in [2.05, 4.69) is 43.1 Å². The highest BCUT2D eigenvalue weighted by Gasteiger charge is 2.29. The molecule has 1 saturated heterocycles. The molecular weight excluding hydrogens is 463 g/mol. The molecule has 1 fully saturated rings. The second-order valence-corrected chi connectivity index (χ2v) is 9.72. The smallest absolute Gasteiger partial charge is 0.367 e. The molecule has 0 saturated carbocycles. The number of nitriles is 1. The van der Waals surface area contributed by atoms with Gasteiger partial charge in [0.15, 0.2) is 0 Å². The highest BCUT2D eigenvalue weighted by molar-refractivity contribution is 7.18. The van der Waals surface area contributed by atoms with Gasteiger partial charge in [-0.15, -0.1) is 11.3 Å². The van der Waals surface area contributed by atoms with E-state index in [1.807, 2.05) is 12.3 Å². The van der Waals surface area contributed by atoms with Gasteiger partial charge in [0.05, 0.1) is 11.8 Å². The number of H-pyrrole nitrogens is 1. The fourth-order valence-electron chi connectivity index (χ4n) is 4.44. The number of fused-ring (bicyclic) bond motifs is 2. The summed E-state index contributed by atoms with van der Waals surface area (Å²) in [5.41, 5.74) is 3.49. The van der Waals surface area contributed by atoms with Gasteiger partial charge < -0.3 is 10.3 Å². The number of pyridine rings is 1. The number of anilines is 1. The number of halogens is 3. The molecular formula is C23H22F3N7S. The summed E-state index contributed by atoms with van der Waals surface area (Å²) in [6.45, 7) is 4.58. The molecule has 0 atom stereocenters. The molecule has 7 nitrogen and oxygen atoms in total. The number of aromatic nitrogens is 4. The van der Waals surface area contributed by atoms with Crippen LogP contribution in [0, 0.1) is 18.3 Å². The minimum Gasteiger partial charge on any atom is -0.367 e. The van der Waals surface area contributed by atoms with E-state index in [0.717, 1.165) is 66.0 Å². The molecule has 0 aliphatic carbocycles. The van der Waals surface area contributed by atoms with Crippen molar-refractivity contribution in [2.24, 2.45) is 0 Å². The van der Waals surface area contributed by atoms with Crippen LogP contribution in [-0.4, -0.2) is 50.1 Å². The van der Waals surface area contributed by atoms with Gasteiger partial charge in [0.25, 0.3) is 0 Å². The summed E-state index contributed by atoms with van der Waals surface area (Å²) in [5, 5.41) is 14.2. The van der Waals surface area contributed by atoms with Crippen LogP contribution in [-0.2, 0) is 13.0 Å². The van der Waals surface area contributed by atoms with Crippen LogP contribution in [0.5, 0.6) is 0 Å². The summed E-state index contributed by atoms with van der Waals surface area (Å²) in [6.07, 6.45) is -0.144. The van der Waals surface area contributed by atoms with Crippen molar-refractivity contribution in [1.29, 1.82) is 5.26 Å². The molecule has 4 aromatic rings. The number of likely N-dealkylation sites (tertiary alicyclic amines) is 1. The topological polar surface area (TPSA) is 93.5 Å². The Morgan fingerprint density at radius 2 is 2.00 bits per heavy atom. The van der Waals surface area contributed by atoms with Crippen LogP contribution in [0.3, 0.4) is 0 Å². The summed E-state index contributed by atoms with van der Waals surface area (Å²) in [6, 6.07) is 5.69. The Morgan fingerprint density at radius 1 is 1.21 bits per heavy atom. The maximum absolute atomic E-state index is 12.8. The molecule has 0 unspecified atom stereocenters. The lowest BCUT2D eigenvalue weighted by molar-refractivity contribution is -0.126. The van der Waals surface area contributed by atoms with Crippen molar-refractivity contribution in [3.63, 3.8) is 0 Å². The zero-order valence-corrected chi connectivity index (χ0v) is 19.2. The van der Waals surface area contributed by atoms with Crippen molar-refractivity contribution in [2.75, 3.05) is 18.4 Å². The molecule has 0 amide bonds. The summed E-state index contributed by atoms with van der Waals surface area (Å²) in [4.78, 5) is 19.1. The summed E-state index contributed by atoms with van der Waals surface area (Å²) in [5.74, 6) is 0.597. The van der Waals surface area contributed by atoms with E-state index in [9.17, 15) is 13.2 Å². The maximum atomic E-state index is 12.8. The van der Waals surface area contributed by atoms with Gasteiger partial charge in [-0.1, -0.05) is 0 Å². The zero-order chi connectivity index (χ0) is 23.9. The Balaban J connectivity index is 1.23. The van der Waals surface area contributed by atoms with Gasteiger partial charge in [0.1, 0.15) is 34.4 Å². The van der Waals surface area contributed by atoms with E-state index in [1.165, 1.54) is 6.33 Å². The fraction of sp³-hybridized carbons (Fsp3) is 0.391. The predicted molar refractivity (Wildman–Crippen MR) is 125 cm³/mol. The third kappa shape index (κ3) is 4.69. The Bertz CT molecular complexity index is 1380. The standard InChI is InChI=1S/C23H22F3N7S/c1-13-14(10-28-20-18(13)6-16(9-27)32-20)11-33-4-2-15(3-5-33)31-21-19-7-17(8-23(24,25)26)34-22(19)30-12-29-21/h6-7,10,12,15H,2-5,8,11H2,1H3,(H,28,32)(H,29,30,31). The SMILES string of the molecule is Cc1c(CN2CCC(Nc3ncnc4sc(CC(F)(F)F)cc34)CC2)cnc2[nH]c(C#N)cc12. The van der Waals surface area contributed by atoms with Crippen molar-refractivity contribution in [1.82, 2.24) is 24.8 Å². The van der Waals surface area contributed by atoms with Crippen LogP contribution >= 0.6 is 11.3 Å². The molecule has 34 heavy (non-hydrogen) atoms. The number of nitrogens with zero attached hydrogens (tertiary/aromatic N) is 5. The zero-order valence-electron chi connectivity index (χ0n) is 18.4. The second kappa shape index (κ2) is 8.85. The lowest BCUT2D eigenvalue weighted by Crippen LogP contribution is -2.39. The first-order valence-corrected chi connectivity index (χ1v) is 11.8. The lowest BCUT2D eigenvalue weighted by Gasteiger charge is -2.33. The molecule has 5 rings (SSSR count). The first-order chi connectivity index (χ1) is 16.3. The highest BCUT2D eigenvalue weighted by atomic mass is 32.1. The number of hydrogen-bond donors (Lipinski definition) is 2. The molecule has 5 heterocycles. The maximum Gasteiger partial charge on any atom is 0.393 e. The van der Waals surface area contributed by atoms with Crippen molar-refractivity contribution in [2.45, 2.75) is 44.9 Å². The number of hydrogen-bond acceptors (Lipinski definition) is 7. The number of aromatic amines is 1. The van der Waals surface area contributed by atoms with Crippen LogP contribution in [0.15, 0.2) is 24.7 Å². The Kier molecular flexibility index (Phi) is 5.87. The van der Waals surface area contributed by atoms with Gasteiger partial charge in [-0.05, 0) is 43.0 Å². The molecule has 4 aromatic heterocycles. The van der Waals surface area contributed by atoms with E-state index >= 15 is 0 Å². The molecule has 0 aromatic carbocycles. The van der Waals surface area contributed by atoms with Crippen molar-refractivity contribution in [3.05, 3.63) is 46.4 Å². The fourth-order valence-corrected chi connectivity index (χ4v) is 5.46. The largest absolute Gasteiger partial charge is 0.393 e. The minimum atomic E-state index is -4.24.